The highest BCUT2D eigenvalue weighted by Crippen LogP contribution is 2.39. The first-order valence-electron chi connectivity index (χ1n) is 10.2. The topological polar surface area (TPSA) is 52.8 Å². The Morgan fingerprint density at radius 2 is 1.69 bits per heavy atom. The van der Waals surface area contributed by atoms with Gasteiger partial charge < -0.3 is 4.74 Å². The number of nitrogens with zero attached hydrogens (tertiary/aromatic N) is 4. The van der Waals surface area contributed by atoms with Crippen LogP contribution in [0.4, 0.5) is 0 Å². The maximum atomic E-state index is 6.56. The van der Waals surface area contributed by atoms with Crippen LogP contribution in [0.15, 0.2) is 42.5 Å². The van der Waals surface area contributed by atoms with Gasteiger partial charge in [-0.15, -0.1) is 10.2 Å². The molecule has 0 saturated carbocycles. The van der Waals surface area contributed by atoms with E-state index in [1.54, 1.807) is 23.5 Å². The molecule has 0 radical (unpaired) electrons. The molecule has 0 aliphatic carbocycles. The van der Waals surface area contributed by atoms with Crippen molar-refractivity contribution in [3.8, 4) is 27.6 Å². The van der Waals surface area contributed by atoms with E-state index in [-0.39, 0.29) is 0 Å². The SMILES string of the molecule is Cc1c(-c2nnc(C3CCOCC3)s2)nn(-c2ccc(Cl)cc2Cl)c1-c1ccc(Cl)cc1. The number of rotatable bonds is 4. The Labute approximate surface area is 204 Å². The van der Waals surface area contributed by atoms with Gasteiger partial charge in [0.15, 0.2) is 5.01 Å². The number of hydrogen-bond donors (Lipinski definition) is 0. The molecule has 0 atom stereocenters. The Hall–Kier alpha value is -1.96. The third kappa shape index (κ3) is 4.18. The number of halogens is 3. The van der Waals surface area contributed by atoms with Gasteiger partial charge >= 0.3 is 0 Å². The van der Waals surface area contributed by atoms with E-state index in [9.17, 15) is 0 Å². The van der Waals surface area contributed by atoms with Gasteiger partial charge in [-0.1, -0.05) is 58.3 Å². The number of hydrogen-bond acceptors (Lipinski definition) is 5. The molecule has 3 heterocycles. The monoisotopic (exact) mass is 504 g/mol. The second-order valence-corrected chi connectivity index (χ2v) is 9.96. The molecule has 1 saturated heterocycles. The van der Waals surface area contributed by atoms with Crippen molar-refractivity contribution < 1.29 is 4.74 Å². The molecule has 0 amide bonds. The summed E-state index contributed by atoms with van der Waals surface area (Å²) in [5.41, 5.74) is 4.42. The summed E-state index contributed by atoms with van der Waals surface area (Å²) in [5, 5.41) is 17.5. The van der Waals surface area contributed by atoms with Crippen LogP contribution in [-0.2, 0) is 4.74 Å². The lowest BCUT2D eigenvalue weighted by Crippen LogP contribution is -2.13. The van der Waals surface area contributed by atoms with Crippen LogP contribution >= 0.6 is 46.1 Å². The second kappa shape index (κ2) is 9.12. The Morgan fingerprint density at radius 3 is 2.41 bits per heavy atom. The molecule has 1 fully saturated rings. The molecule has 2 aromatic carbocycles. The number of aromatic nitrogens is 4. The first kappa shape index (κ1) is 21.9. The lowest BCUT2D eigenvalue weighted by Gasteiger charge is -2.18. The van der Waals surface area contributed by atoms with Gasteiger partial charge in [0.05, 0.1) is 16.4 Å². The van der Waals surface area contributed by atoms with E-state index >= 15 is 0 Å². The molecule has 5 nitrogen and oxygen atoms in total. The fourth-order valence-corrected chi connectivity index (χ4v) is 5.58. The van der Waals surface area contributed by atoms with Crippen molar-refractivity contribution in [2.45, 2.75) is 25.7 Å². The molecule has 0 bridgehead atoms. The number of benzene rings is 2. The largest absolute Gasteiger partial charge is 0.381 e. The molecule has 4 aromatic rings. The zero-order chi connectivity index (χ0) is 22.2. The fraction of sp³-hybridized carbons (Fsp3) is 0.261. The zero-order valence-electron chi connectivity index (χ0n) is 17.2. The average molecular weight is 506 g/mol. The molecule has 1 aliphatic heterocycles. The van der Waals surface area contributed by atoms with Crippen LogP contribution in [-0.4, -0.2) is 33.2 Å². The van der Waals surface area contributed by atoms with Crippen LogP contribution in [0.1, 0.15) is 29.3 Å². The van der Waals surface area contributed by atoms with E-state index in [0.717, 1.165) is 64.3 Å². The van der Waals surface area contributed by atoms with Gasteiger partial charge in [0.1, 0.15) is 10.7 Å². The van der Waals surface area contributed by atoms with Gasteiger partial charge in [-0.3, -0.25) is 0 Å². The predicted molar refractivity (Wildman–Crippen MR) is 130 cm³/mol. The van der Waals surface area contributed by atoms with Crippen molar-refractivity contribution in [2.75, 3.05) is 13.2 Å². The molecule has 1 aliphatic rings. The summed E-state index contributed by atoms with van der Waals surface area (Å²) in [4.78, 5) is 0. The van der Waals surface area contributed by atoms with Gasteiger partial charge in [0.25, 0.3) is 0 Å². The minimum absolute atomic E-state index is 0.388. The first-order chi connectivity index (χ1) is 15.5. The minimum Gasteiger partial charge on any atom is -0.381 e. The second-order valence-electron chi connectivity index (χ2n) is 7.67. The summed E-state index contributed by atoms with van der Waals surface area (Å²) in [6, 6.07) is 13.1. The van der Waals surface area contributed by atoms with E-state index in [1.165, 1.54) is 0 Å². The van der Waals surface area contributed by atoms with Crippen molar-refractivity contribution in [3.05, 3.63) is 68.1 Å². The molecule has 0 spiro atoms. The molecule has 32 heavy (non-hydrogen) atoms. The highest BCUT2D eigenvalue weighted by molar-refractivity contribution is 7.14. The van der Waals surface area contributed by atoms with Crippen molar-refractivity contribution in [1.82, 2.24) is 20.0 Å². The molecular weight excluding hydrogens is 487 g/mol. The summed E-state index contributed by atoms with van der Waals surface area (Å²) in [7, 11) is 0. The predicted octanol–water partition coefficient (Wildman–Crippen LogP) is 7.22. The maximum Gasteiger partial charge on any atom is 0.168 e. The van der Waals surface area contributed by atoms with Gasteiger partial charge in [0, 0.05) is 40.3 Å². The molecule has 5 rings (SSSR count). The molecule has 164 valence electrons. The highest BCUT2D eigenvalue weighted by atomic mass is 35.5. The Bertz CT molecular complexity index is 1260. The third-order valence-corrected chi connectivity index (χ3v) is 7.47. The summed E-state index contributed by atoms with van der Waals surface area (Å²) < 4.78 is 7.34. The van der Waals surface area contributed by atoms with Gasteiger partial charge in [-0.2, -0.15) is 5.10 Å². The fourth-order valence-electron chi connectivity index (χ4n) is 3.91. The van der Waals surface area contributed by atoms with Gasteiger partial charge in [-0.25, -0.2) is 4.68 Å². The van der Waals surface area contributed by atoms with E-state index < -0.39 is 0 Å². The van der Waals surface area contributed by atoms with Crippen LogP contribution in [0.3, 0.4) is 0 Å². The maximum absolute atomic E-state index is 6.56. The quantitative estimate of drug-likeness (QED) is 0.294. The van der Waals surface area contributed by atoms with E-state index in [4.69, 9.17) is 44.6 Å². The Balaban J connectivity index is 1.64. The molecule has 9 heteroatoms. The first-order valence-corrected chi connectivity index (χ1v) is 12.2. The zero-order valence-corrected chi connectivity index (χ0v) is 20.3. The highest BCUT2D eigenvalue weighted by Gasteiger charge is 2.25. The molecule has 0 N–H and O–H groups in total. The summed E-state index contributed by atoms with van der Waals surface area (Å²) in [5.74, 6) is 0.388. The van der Waals surface area contributed by atoms with E-state index in [0.29, 0.717) is 21.0 Å². The lowest BCUT2D eigenvalue weighted by atomic mass is 10.0. The smallest absolute Gasteiger partial charge is 0.168 e. The normalized spacial score (nSPS) is 14.8. The van der Waals surface area contributed by atoms with Crippen LogP contribution in [0.25, 0.3) is 27.6 Å². The van der Waals surface area contributed by atoms with Crippen LogP contribution in [0.2, 0.25) is 15.1 Å². The summed E-state index contributed by atoms with van der Waals surface area (Å²) in [6.45, 7) is 3.58. The summed E-state index contributed by atoms with van der Waals surface area (Å²) >= 11 is 20.4. The van der Waals surface area contributed by atoms with Crippen LogP contribution < -0.4 is 0 Å². The Morgan fingerprint density at radius 1 is 0.969 bits per heavy atom. The minimum atomic E-state index is 0.388. The van der Waals surface area contributed by atoms with Crippen LogP contribution in [0.5, 0.6) is 0 Å². The van der Waals surface area contributed by atoms with E-state index in [2.05, 4.69) is 10.2 Å². The Kier molecular flexibility index (Phi) is 6.23. The average Bonchev–Trinajstić information content (AvgIpc) is 3.40. The third-order valence-electron chi connectivity index (χ3n) is 5.59. The van der Waals surface area contributed by atoms with Gasteiger partial charge in [-0.05, 0) is 50.1 Å². The number of ether oxygens (including phenoxy) is 1. The van der Waals surface area contributed by atoms with Crippen molar-refractivity contribution >= 4 is 46.1 Å². The summed E-state index contributed by atoms with van der Waals surface area (Å²) in [6.07, 6.45) is 1.94. The van der Waals surface area contributed by atoms with Crippen LogP contribution in [0, 0.1) is 6.92 Å². The van der Waals surface area contributed by atoms with Crippen molar-refractivity contribution in [3.63, 3.8) is 0 Å². The van der Waals surface area contributed by atoms with Gasteiger partial charge in [0.2, 0.25) is 0 Å². The van der Waals surface area contributed by atoms with E-state index in [1.807, 2.05) is 41.9 Å². The van der Waals surface area contributed by atoms with Crippen molar-refractivity contribution in [2.24, 2.45) is 0 Å². The molecule has 2 aromatic heterocycles. The molecule has 0 unspecified atom stereocenters. The van der Waals surface area contributed by atoms with Crippen molar-refractivity contribution in [1.29, 1.82) is 0 Å². The molecular formula is C23H19Cl3N4OS. The standard InChI is InChI=1S/C23H19Cl3N4OS/c1-13-20(23-28-27-22(32-23)15-8-10-31-11-9-15)29-30(19-7-6-17(25)12-18(19)26)21(13)14-2-4-16(24)5-3-14/h2-7,12,15H,8-11H2,1H3. The lowest BCUT2D eigenvalue weighted by molar-refractivity contribution is 0.0851.